The van der Waals surface area contributed by atoms with Crippen LogP contribution in [0.25, 0.3) is 0 Å². The zero-order valence-electron chi connectivity index (χ0n) is 11.2. The van der Waals surface area contributed by atoms with E-state index in [1.807, 2.05) is 12.4 Å². The number of carboxylic acid groups (broad SMARTS) is 1. The number of aromatic nitrogens is 1. The molecule has 2 fully saturated rings. The van der Waals surface area contributed by atoms with Gasteiger partial charge in [-0.2, -0.15) is 0 Å². The molecule has 3 atom stereocenters. The van der Waals surface area contributed by atoms with E-state index >= 15 is 0 Å². The Kier molecular flexibility index (Phi) is 3.58. The number of hydrogen-bond donors (Lipinski definition) is 1. The summed E-state index contributed by atoms with van der Waals surface area (Å²) in [5, 5.41) is 9.47. The van der Waals surface area contributed by atoms with Crippen molar-refractivity contribution in [3.05, 3.63) is 16.1 Å². The molecular formula is C14H20N2O2S. The second-order valence-electron chi connectivity index (χ2n) is 5.73. The lowest BCUT2D eigenvalue weighted by atomic mass is 9.85. The molecular weight excluding hydrogens is 260 g/mol. The monoisotopic (exact) mass is 280 g/mol. The lowest BCUT2D eigenvalue weighted by Crippen LogP contribution is -2.41. The first-order valence-electron chi connectivity index (χ1n) is 7.04. The summed E-state index contributed by atoms with van der Waals surface area (Å²) in [5.74, 6) is -0.0698. The molecule has 104 valence electrons. The van der Waals surface area contributed by atoms with Gasteiger partial charge >= 0.3 is 5.97 Å². The molecule has 0 spiro atoms. The number of rotatable bonds is 3. The average molecular weight is 280 g/mol. The predicted molar refractivity (Wildman–Crippen MR) is 74.2 cm³/mol. The van der Waals surface area contributed by atoms with Crippen molar-refractivity contribution in [1.29, 1.82) is 0 Å². The van der Waals surface area contributed by atoms with Crippen LogP contribution in [0.5, 0.6) is 0 Å². The summed E-state index contributed by atoms with van der Waals surface area (Å²) in [7, 11) is 0. The molecule has 0 radical (unpaired) electrons. The third kappa shape index (κ3) is 2.41. The van der Waals surface area contributed by atoms with E-state index in [2.05, 4.69) is 9.88 Å². The Morgan fingerprint density at radius 1 is 1.53 bits per heavy atom. The molecule has 5 heteroatoms. The van der Waals surface area contributed by atoms with Crippen molar-refractivity contribution in [2.45, 2.75) is 57.7 Å². The predicted octanol–water partition coefficient (Wildman–Crippen LogP) is 2.67. The van der Waals surface area contributed by atoms with E-state index in [9.17, 15) is 9.90 Å². The molecule has 2 heterocycles. The lowest BCUT2D eigenvalue weighted by molar-refractivity contribution is -0.142. The van der Waals surface area contributed by atoms with E-state index in [1.54, 1.807) is 11.3 Å². The van der Waals surface area contributed by atoms with Gasteiger partial charge in [0.1, 0.15) is 6.04 Å². The third-order valence-electron chi connectivity index (χ3n) is 4.68. The van der Waals surface area contributed by atoms with Crippen LogP contribution in [0.2, 0.25) is 0 Å². The number of hydrogen-bond acceptors (Lipinski definition) is 4. The molecule has 1 saturated carbocycles. The number of carboxylic acids is 1. The highest BCUT2D eigenvalue weighted by Gasteiger charge is 2.45. The number of thiazole rings is 1. The maximum Gasteiger partial charge on any atom is 0.320 e. The van der Waals surface area contributed by atoms with Gasteiger partial charge in [-0.3, -0.25) is 9.69 Å². The van der Waals surface area contributed by atoms with Gasteiger partial charge in [-0.05, 0) is 32.1 Å². The number of aliphatic carboxylic acids is 1. The summed E-state index contributed by atoms with van der Waals surface area (Å²) < 4.78 is 0. The summed E-state index contributed by atoms with van der Waals surface area (Å²) in [4.78, 5) is 19.2. The molecule has 1 aromatic rings. The van der Waals surface area contributed by atoms with Crippen molar-refractivity contribution < 1.29 is 9.90 Å². The van der Waals surface area contributed by atoms with Gasteiger partial charge in [0.2, 0.25) is 0 Å². The Bertz CT molecular complexity index is 474. The standard InChI is InChI=1S/C14H20N2O2S/c1-9-13(19-8-15-9)7-16-11-5-3-2-4-10(11)6-12(16)14(17)18/h8,10-12H,2-7H2,1H3,(H,17,18). The minimum atomic E-state index is -0.656. The average Bonchev–Trinajstić information content (AvgIpc) is 2.95. The Balaban J connectivity index is 1.82. The van der Waals surface area contributed by atoms with E-state index in [4.69, 9.17) is 0 Å². The molecule has 1 saturated heterocycles. The second kappa shape index (κ2) is 5.21. The van der Waals surface area contributed by atoms with Crippen molar-refractivity contribution in [2.24, 2.45) is 5.92 Å². The Hall–Kier alpha value is -0.940. The zero-order chi connectivity index (χ0) is 13.4. The molecule has 0 bridgehead atoms. The highest BCUT2D eigenvalue weighted by Crippen LogP contribution is 2.41. The van der Waals surface area contributed by atoms with Gasteiger partial charge in [0.15, 0.2) is 0 Å². The second-order valence-corrected chi connectivity index (χ2v) is 6.67. The van der Waals surface area contributed by atoms with Gasteiger partial charge in [-0.1, -0.05) is 12.8 Å². The minimum Gasteiger partial charge on any atom is -0.480 e. The van der Waals surface area contributed by atoms with E-state index in [1.165, 1.54) is 24.1 Å². The van der Waals surface area contributed by atoms with Crippen LogP contribution >= 0.6 is 11.3 Å². The SMILES string of the molecule is Cc1ncsc1CN1C(C(=O)O)CC2CCCCC21. The molecule has 3 rings (SSSR count). The zero-order valence-corrected chi connectivity index (χ0v) is 12.0. The fraction of sp³-hybridized carbons (Fsp3) is 0.714. The Morgan fingerprint density at radius 2 is 2.32 bits per heavy atom. The van der Waals surface area contributed by atoms with Crippen LogP contribution in [-0.4, -0.2) is 33.0 Å². The lowest BCUT2D eigenvalue weighted by Gasteiger charge is -2.32. The van der Waals surface area contributed by atoms with Gasteiger partial charge in [-0.25, -0.2) is 4.98 Å². The smallest absolute Gasteiger partial charge is 0.320 e. The van der Waals surface area contributed by atoms with Crippen LogP contribution in [0.15, 0.2) is 5.51 Å². The third-order valence-corrected chi connectivity index (χ3v) is 5.60. The fourth-order valence-electron chi connectivity index (χ4n) is 3.67. The molecule has 1 aliphatic heterocycles. The molecule has 1 aliphatic carbocycles. The molecule has 2 aliphatic rings. The quantitative estimate of drug-likeness (QED) is 0.925. The van der Waals surface area contributed by atoms with Gasteiger partial charge in [0, 0.05) is 17.5 Å². The largest absolute Gasteiger partial charge is 0.480 e. The number of carbonyl (C=O) groups is 1. The van der Waals surface area contributed by atoms with Crippen molar-refractivity contribution in [3.8, 4) is 0 Å². The first kappa shape index (κ1) is 13.1. The number of likely N-dealkylation sites (tertiary alicyclic amines) is 1. The van der Waals surface area contributed by atoms with E-state index in [-0.39, 0.29) is 6.04 Å². The maximum absolute atomic E-state index is 11.5. The highest BCUT2D eigenvalue weighted by atomic mass is 32.1. The van der Waals surface area contributed by atoms with E-state index in [0.717, 1.165) is 25.1 Å². The normalized spacial score (nSPS) is 31.3. The van der Waals surface area contributed by atoms with E-state index < -0.39 is 5.97 Å². The topological polar surface area (TPSA) is 53.4 Å². The Labute approximate surface area is 117 Å². The minimum absolute atomic E-state index is 0.297. The van der Waals surface area contributed by atoms with Gasteiger partial charge in [0.05, 0.1) is 11.2 Å². The first-order chi connectivity index (χ1) is 9.16. The van der Waals surface area contributed by atoms with Gasteiger partial charge in [-0.15, -0.1) is 11.3 Å². The summed E-state index contributed by atoms with van der Waals surface area (Å²) in [6, 6.07) is 0.172. The molecule has 1 aromatic heterocycles. The van der Waals surface area contributed by atoms with Gasteiger partial charge in [0.25, 0.3) is 0 Å². The maximum atomic E-state index is 11.5. The number of fused-ring (bicyclic) bond motifs is 1. The van der Waals surface area contributed by atoms with E-state index in [0.29, 0.717) is 12.0 Å². The number of nitrogens with zero attached hydrogens (tertiary/aromatic N) is 2. The molecule has 19 heavy (non-hydrogen) atoms. The molecule has 1 N–H and O–H groups in total. The molecule has 4 nitrogen and oxygen atoms in total. The fourth-order valence-corrected chi connectivity index (χ4v) is 4.45. The van der Waals surface area contributed by atoms with Crippen molar-refractivity contribution in [1.82, 2.24) is 9.88 Å². The summed E-state index contributed by atoms with van der Waals surface area (Å²) in [6.07, 6.45) is 5.70. The summed E-state index contributed by atoms with van der Waals surface area (Å²) in [6.45, 7) is 2.77. The van der Waals surface area contributed by atoms with Crippen molar-refractivity contribution >= 4 is 17.3 Å². The molecule has 3 unspecified atom stereocenters. The van der Waals surface area contributed by atoms with Crippen LogP contribution in [-0.2, 0) is 11.3 Å². The van der Waals surface area contributed by atoms with Crippen LogP contribution in [0.1, 0.15) is 42.7 Å². The van der Waals surface area contributed by atoms with Crippen LogP contribution in [0.4, 0.5) is 0 Å². The molecule has 0 aromatic carbocycles. The van der Waals surface area contributed by atoms with Gasteiger partial charge < -0.3 is 5.11 Å². The van der Waals surface area contributed by atoms with Crippen LogP contribution in [0, 0.1) is 12.8 Å². The van der Waals surface area contributed by atoms with Crippen molar-refractivity contribution in [3.63, 3.8) is 0 Å². The summed E-state index contributed by atoms with van der Waals surface area (Å²) in [5.41, 5.74) is 2.91. The van der Waals surface area contributed by atoms with Crippen LogP contribution < -0.4 is 0 Å². The highest BCUT2D eigenvalue weighted by molar-refractivity contribution is 7.09. The first-order valence-corrected chi connectivity index (χ1v) is 7.92. The summed E-state index contributed by atoms with van der Waals surface area (Å²) >= 11 is 1.64. The van der Waals surface area contributed by atoms with Crippen molar-refractivity contribution in [2.75, 3.05) is 0 Å². The van der Waals surface area contributed by atoms with Crippen LogP contribution in [0.3, 0.4) is 0 Å². The molecule has 0 amide bonds. The Morgan fingerprint density at radius 3 is 3.00 bits per heavy atom. The number of aryl methyl sites for hydroxylation is 1.